The van der Waals surface area contributed by atoms with Gasteiger partial charge >= 0.3 is 0 Å². The molecule has 4 rings (SSSR count). The molecule has 0 saturated carbocycles. The first-order valence-corrected chi connectivity index (χ1v) is 8.81. The Bertz CT molecular complexity index is 740. The van der Waals surface area contributed by atoms with E-state index in [0.29, 0.717) is 6.04 Å². The Hall–Kier alpha value is -2.05. The highest BCUT2D eigenvalue weighted by Gasteiger charge is 2.25. The highest BCUT2D eigenvalue weighted by atomic mass is 32.1. The summed E-state index contributed by atoms with van der Waals surface area (Å²) in [6.07, 6.45) is 4.13. The molecular weight excluding hydrogens is 306 g/mol. The monoisotopic (exact) mass is 325 g/mol. The zero-order valence-electron chi connectivity index (χ0n) is 12.9. The molecule has 1 aromatic carbocycles. The van der Waals surface area contributed by atoms with Crippen LogP contribution in [0.5, 0.6) is 0 Å². The van der Waals surface area contributed by atoms with Crippen molar-refractivity contribution in [1.82, 2.24) is 20.5 Å². The van der Waals surface area contributed by atoms with Crippen molar-refractivity contribution >= 4 is 27.4 Å². The van der Waals surface area contributed by atoms with Crippen LogP contribution < -0.4 is 10.2 Å². The fourth-order valence-corrected chi connectivity index (χ4v) is 4.07. The first-order valence-electron chi connectivity index (χ1n) is 8.00. The van der Waals surface area contributed by atoms with Gasteiger partial charge in [0.15, 0.2) is 5.82 Å². The normalized spacial score (nSPS) is 17.9. The van der Waals surface area contributed by atoms with Crippen molar-refractivity contribution in [3.63, 3.8) is 0 Å². The molecule has 3 aromatic rings. The van der Waals surface area contributed by atoms with Gasteiger partial charge in [-0.15, -0.1) is 16.4 Å². The van der Waals surface area contributed by atoms with Crippen molar-refractivity contribution < 1.29 is 0 Å². The van der Waals surface area contributed by atoms with Crippen molar-refractivity contribution in [2.75, 3.05) is 18.0 Å². The van der Waals surface area contributed by atoms with Gasteiger partial charge in [-0.25, -0.2) is 4.98 Å². The van der Waals surface area contributed by atoms with Crippen LogP contribution >= 0.6 is 11.3 Å². The number of hydrogen-bond donors (Lipinski definition) is 1. The van der Waals surface area contributed by atoms with E-state index in [4.69, 9.17) is 0 Å². The Morgan fingerprint density at radius 3 is 3.04 bits per heavy atom. The summed E-state index contributed by atoms with van der Waals surface area (Å²) in [4.78, 5) is 7.03. The largest absolute Gasteiger partial charge is 0.351 e. The predicted octanol–water partition coefficient (Wildman–Crippen LogP) is 2.84. The fraction of sp³-hybridized carbons (Fsp3) is 0.353. The van der Waals surface area contributed by atoms with E-state index < -0.39 is 0 Å². The molecule has 1 atom stereocenters. The summed E-state index contributed by atoms with van der Waals surface area (Å²) in [5.74, 6) is 0.983. The zero-order valence-corrected chi connectivity index (χ0v) is 13.7. The molecule has 0 spiro atoms. The van der Waals surface area contributed by atoms with E-state index in [0.717, 1.165) is 36.0 Å². The number of para-hydroxylation sites is 1. The molecule has 6 heteroatoms. The Balaban J connectivity index is 1.37. The maximum absolute atomic E-state index is 4.67. The molecular formula is C17H19N5S. The summed E-state index contributed by atoms with van der Waals surface area (Å²) in [5.41, 5.74) is 1.09. The number of thiazole rings is 1. The Morgan fingerprint density at radius 2 is 2.17 bits per heavy atom. The summed E-state index contributed by atoms with van der Waals surface area (Å²) < 4.78 is 1.26. The molecule has 118 valence electrons. The molecule has 0 bridgehead atoms. The van der Waals surface area contributed by atoms with Gasteiger partial charge in [-0.1, -0.05) is 12.1 Å². The maximum Gasteiger partial charge on any atom is 0.151 e. The predicted molar refractivity (Wildman–Crippen MR) is 93.7 cm³/mol. The lowest BCUT2D eigenvalue weighted by Gasteiger charge is -2.25. The Kier molecular flexibility index (Phi) is 4.17. The van der Waals surface area contributed by atoms with E-state index in [2.05, 4.69) is 43.6 Å². The molecule has 1 aliphatic rings. The highest BCUT2D eigenvalue weighted by Crippen LogP contribution is 2.23. The molecule has 1 saturated heterocycles. The van der Waals surface area contributed by atoms with E-state index >= 15 is 0 Å². The number of benzene rings is 1. The second-order valence-corrected chi connectivity index (χ2v) is 6.89. The zero-order chi connectivity index (χ0) is 15.5. The SMILES string of the molecule is c1cnnc(N2CCCC2CNCc2nc3ccccc3s2)c1. The third-order valence-electron chi connectivity index (χ3n) is 4.22. The number of hydrogen-bond acceptors (Lipinski definition) is 6. The van der Waals surface area contributed by atoms with Crippen LogP contribution in [0.3, 0.4) is 0 Å². The van der Waals surface area contributed by atoms with Gasteiger partial charge in [-0.05, 0) is 37.1 Å². The van der Waals surface area contributed by atoms with Crippen molar-refractivity contribution in [2.45, 2.75) is 25.4 Å². The topological polar surface area (TPSA) is 53.9 Å². The average Bonchev–Trinajstić information content (AvgIpc) is 3.22. The van der Waals surface area contributed by atoms with Gasteiger partial charge in [0.05, 0.1) is 10.2 Å². The molecule has 0 amide bonds. The van der Waals surface area contributed by atoms with Crippen LogP contribution in [0, 0.1) is 0 Å². The van der Waals surface area contributed by atoms with Gasteiger partial charge in [-0.2, -0.15) is 5.10 Å². The smallest absolute Gasteiger partial charge is 0.151 e. The molecule has 2 aromatic heterocycles. The summed E-state index contributed by atoms with van der Waals surface area (Å²) >= 11 is 1.77. The van der Waals surface area contributed by atoms with Crippen LogP contribution in [-0.2, 0) is 6.54 Å². The van der Waals surface area contributed by atoms with Gasteiger partial charge in [0.2, 0.25) is 0 Å². The van der Waals surface area contributed by atoms with Gasteiger partial charge in [-0.3, -0.25) is 0 Å². The summed E-state index contributed by atoms with van der Waals surface area (Å²) in [6, 6.07) is 12.8. The number of aromatic nitrogens is 3. The van der Waals surface area contributed by atoms with Gasteiger partial charge in [0.1, 0.15) is 5.01 Å². The Labute approximate surface area is 139 Å². The molecule has 1 unspecified atom stereocenters. The van der Waals surface area contributed by atoms with Crippen LogP contribution in [0.1, 0.15) is 17.8 Å². The quantitative estimate of drug-likeness (QED) is 0.782. The van der Waals surface area contributed by atoms with E-state index in [9.17, 15) is 0 Å². The van der Waals surface area contributed by atoms with E-state index in [1.165, 1.54) is 17.5 Å². The number of nitrogens with zero attached hydrogens (tertiary/aromatic N) is 4. The van der Waals surface area contributed by atoms with Crippen LogP contribution in [0.2, 0.25) is 0 Å². The summed E-state index contributed by atoms with van der Waals surface area (Å²) in [5, 5.41) is 13.0. The minimum absolute atomic E-state index is 0.487. The minimum atomic E-state index is 0.487. The van der Waals surface area contributed by atoms with Crippen molar-refractivity contribution in [1.29, 1.82) is 0 Å². The van der Waals surface area contributed by atoms with E-state index in [1.807, 2.05) is 18.2 Å². The molecule has 3 heterocycles. The summed E-state index contributed by atoms with van der Waals surface area (Å²) in [6.45, 7) is 2.84. The first-order chi connectivity index (χ1) is 11.4. The second kappa shape index (κ2) is 6.60. The van der Waals surface area contributed by atoms with Crippen molar-refractivity contribution in [3.8, 4) is 0 Å². The van der Waals surface area contributed by atoms with Crippen LogP contribution in [0.15, 0.2) is 42.6 Å². The average molecular weight is 325 g/mol. The van der Waals surface area contributed by atoms with Gasteiger partial charge in [0, 0.05) is 31.9 Å². The second-order valence-electron chi connectivity index (χ2n) is 5.78. The Morgan fingerprint density at radius 1 is 1.22 bits per heavy atom. The number of anilines is 1. The molecule has 5 nitrogen and oxygen atoms in total. The standard InChI is InChI=1S/C17H19N5S/c1-2-7-15-14(6-1)20-17(23-15)12-18-11-13-5-4-10-22(13)16-8-3-9-19-21-16/h1-3,6-9,13,18H,4-5,10-12H2. The first kappa shape index (κ1) is 14.5. The highest BCUT2D eigenvalue weighted by molar-refractivity contribution is 7.18. The molecule has 1 aliphatic heterocycles. The van der Waals surface area contributed by atoms with Crippen molar-refractivity contribution in [3.05, 3.63) is 47.6 Å². The molecule has 23 heavy (non-hydrogen) atoms. The lowest BCUT2D eigenvalue weighted by atomic mass is 10.2. The van der Waals surface area contributed by atoms with Crippen molar-refractivity contribution in [2.24, 2.45) is 0 Å². The van der Waals surface area contributed by atoms with E-state index in [1.54, 1.807) is 17.5 Å². The van der Waals surface area contributed by atoms with Crippen LogP contribution in [0.25, 0.3) is 10.2 Å². The number of fused-ring (bicyclic) bond motifs is 1. The molecule has 0 radical (unpaired) electrons. The minimum Gasteiger partial charge on any atom is -0.351 e. The third-order valence-corrected chi connectivity index (χ3v) is 5.26. The molecule has 1 fully saturated rings. The number of rotatable bonds is 5. The fourth-order valence-electron chi connectivity index (χ4n) is 3.14. The van der Waals surface area contributed by atoms with Crippen LogP contribution in [-0.4, -0.2) is 34.3 Å². The lowest BCUT2D eigenvalue weighted by molar-refractivity contribution is 0.569. The summed E-state index contributed by atoms with van der Waals surface area (Å²) in [7, 11) is 0. The molecule has 1 N–H and O–H groups in total. The van der Waals surface area contributed by atoms with Gasteiger partial charge in [0.25, 0.3) is 0 Å². The third kappa shape index (κ3) is 3.18. The van der Waals surface area contributed by atoms with Gasteiger partial charge < -0.3 is 10.2 Å². The van der Waals surface area contributed by atoms with E-state index in [-0.39, 0.29) is 0 Å². The van der Waals surface area contributed by atoms with Crippen LogP contribution in [0.4, 0.5) is 5.82 Å². The maximum atomic E-state index is 4.67. The molecule has 0 aliphatic carbocycles. The number of nitrogens with one attached hydrogen (secondary N) is 1. The lowest BCUT2D eigenvalue weighted by Crippen LogP contribution is -2.38.